The molecule has 1 N–H and O–H groups in total. The fourth-order valence-electron chi connectivity index (χ4n) is 3.96. The molecule has 9 nitrogen and oxygen atoms in total. The van der Waals surface area contributed by atoms with E-state index in [1.807, 2.05) is 6.07 Å². The zero-order chi connectivity index (χ0) is 23.8. The maximum atomic E-state index is 13.5. The van der Waals surface area contributed by atoms with E-state index < -0.39 is 15.9 Å². The van der Waals surface area contributed by atoms with Crippen LogP contribution in [-0.2, 0) is 21.2 Å². The van der Waals surface area contributed by atoms with E-state index in [0.717, 1.165) is 24.7 Å². The number of carbonyl (C=O) groups excluding carboxylic acids is 2. The van der Waals surface area contributed by atoms with Crippen LogP contribution in [0.25, 0.3) is 0 Å². The van der Waals surface area contributed by atoms with Crippen LogP contribution >= 0.6 is 0 Å². The molecule has 33 heavy (non-hydrogen) atoms. The highest BCUT2D eigenvalue weighted by Gasteiger charge is 2.38. The van der Waals surface area contributed by atoms with Crippen LogP contribution in [0.4, 0.5) is 5.69 Å². The number of ether oxygens (including phenoxy) is 2. The summed E-state index contributed by atoms with van der Waals surface area (Å²) in [5, 5.41) is 2.87. The van der Waals surface area contributed by atoms with Gasteiger partial charge in [0.1, 0.15) is 9.84 Å². The van der Waals surface area contributed by atoms with E-state index >= 15 is 0 Å². The summed E-state index contributed by atoms with van der Waals surface area (Å²) in [6.07, 6.45) is 2.83. The number of hydrogen-bond donors (Lipinski definition) is 1. The van der Waals surface area contributed by atoms with Crippen molar-refractivity contribution in [2.24, 2.45) is 5.92 Å². The van der Waals surface area contributed by atoms with Gasteiger partial charge in [-0.05, 0) is 43.5 Å². The molecule has 0 bridgehead atoms. The molecule has 4 rings (SSSR count). The molecule has 2 aromatic rings. The molecule has 176 valence electrons. The number of methoxy groups -OCH3 is 1. The van der Waals surface area contributed by atoms with Crippen molar-refractivity contribution in [2.45, 2.75) is 32.4 Å². The number of sulfone groups is 1. The normalized spacial score (nSPS) is 16.3. The SMILES string of the molecule is CCOc1nc([C@H](CS(C)(=O)=O)N2Cc3cccc(NC(=O)C4CC4)c3C2=O)ccc1OC. The summed E-state index contributed by atoms with van der Waals surface area (Å²) in [6, 6.07) is 7.75. The molecule has 0 unspecified atom stereocenters. The topological polar surface area (TPSA) is 115 Å². The second-order valence-electron chi connectivity index (χ2n) is 8.32. The molecular weight excluding hydrogens is 446 g/mol. The number of carbonyl (C=O) groups is 2. The van der Waals surface area contributed by atoms with Crippen molar-refractivity contribution in [1.29, 1.82) is 0 Å². The van der Waals surface area contributed by atoms with Gasteiger partial charge in [-0.1, -0.05) is 12.1 Å². The van der Waals surface area contributed by atoms with Crippen LogP contribution in [0.15, 0.2) is 30.3 Å². The van der Waals surface area contributed by atoms with Crippen molar-refractivity contribution < 1.29 is 27.5 Å². The summed E-state index contributed by atoms with van der Waals surface area (Å²) < 4.78 is 35.4. The lowest BCUT2D eigenvalue weighted by atomic mass is 10.1. The average Bonchev–Trinajstić information content (AvgIpc) is 3.56. The second-order valence-corrected chi connectivity index (χ2v) is 10.5. The number of aromatic nitrogens is 1. The molecule has 1 atom stereocenters. The van der Waals surface area contributed by atoms with Crippen molar-refractivity contribution in [1.82, 2.24) is 9.88 Å². The Kier molecular flexibility index (Phi) is 6.29. The summed E-state index contributed by atoms with van der Waals surface area (Å²) in [7, 11) is -1.98. The van der Waals surface area contributed by atoms with Crippen molar-refractivity contribution in [2.75, 3.05) is 31.0 Å². The lowest BCUT2D eigenvalue weighted by Crippen LogP contribution is -2.34. The highest BCUT2D eigenvalue weighted by molar-refractivity contribution is 7.90. The minimum absolute atomic E-state index is 0.00747. The van der Waals surface area contributed by atoms with E-state index in [1.54, 1.807) is 31.2 Å². The van der Waals surface area contributed by atoms with Crippen LogP contribution in [-0.4, -0.2) is 55.8 Å². The predicted octanol–water partition coefficient (Wildman–Crippen LogP) is 2.58. The van der Waals surface area contributed by atoms with E-state index in [2.05, 4.69) is 10.3 Å². The molecule has 1 aliphatic heterocycles. The van der Waals surface area contributed by atoms with Gasteiger partial charge in [0, 0.05) is 18.7 Å². The van der Waals surface area contributed by atoms with E-state index in [0.29, 0.717) is 29.3 Å². The van der Waals surface area contributed by atoms with Crippen LogP contribution in [0.2, 0.25) is 0 Å². The summed E-state index contributed by atoms with van der Waals surface area (Å²) in [6.45, 7) is 2.36. The van der Waals surface area contributed by atoms with Crippen molar-refractivity contribution in [3.8, 4) is 11.6 Å². The number of hydrogen-bond acceptors (Lipinski definition) is 7. The van der Waals surface area contributed by atoms with Crippen LogP contribution in [0.5, 0.6) is 11.6 Å². The van der Waals surface area contributed by atoms with Crippen LogP contribution in [0.3, 0.4) is 0 Å². The van der Waals surface area contributed by atoms with E-state index in [-0.39, 0.29) is 35.9 Å². The number of amides is 2. The molecule has 0 saturated heterocycles. The first-order valence-corrected chi connectivity index (χ1v) is 12.9. The van der Waals surface area contributed by atoms with Gasteiger partial charge in [0.15, 0.2) is 5.75 Å². The van der Waals surface area contributed by atoms with Gasteiger partial charge in [0.05, 0.1) is 42.5 Å². The van der Waals surface area contributed by atoms with Gasteiger partial charge in [0.2, 0.25) is 5.91 Å². The molecule has 0 spiro atoms. The third-order valence-electron chi connectivity index (χ3n) is 5.70. The van der Waals surface area contributed by atoms with Crippen molar-refractivity contribution in [3.63, 3.8) is 0 Å². The van der Waals surface area contributed by atoms with Gasteiger partial charge in [-0.3, -0.25) is 9.59 Å². The lowest BCUT2D eigenvalue weighted by Gasteiger charge is -2.27. The number of nitrogens with zero attached hydrogens (tertiary/aromatic N) is 2. The van der Waals surface area contributed by atoms with Crippen LogP contribution in [0.1, 0.15) is 47.4 Å². The first-order chi connectivity index (χ1) is 15.7. The third kappa shape index (κ3) is 4.95. The Hall–Kier alpha value is -3.14. The van der Waals surface area contributed by atoms with E-state index in [1.165, 1.54) is 12.0 Å². The smallest absolute Gasteiger partial charge is 0.257 e. The number of fused-ring (bicyclic) bond motifs is 1. The maximum absolute atomic E-state index is 13.5. The number of nitrogens with one attached hydrogen (secondary N) is 1. The molecule has 2 heterocycles. The standard InChI is InChI=1S/C23H27N3O6S/c1-4-32-22-19(31-2)11-10-16(25-22)18(13-33(3,29)30)26-12-15-6-5-7-17(20(15)23(26)28)24-21(27)14-8-9-14/h5-7,10-11,14,18H,4,8-9,12-13H2,1-3H3,(H,24,27)/t18-/m0/s1. The Morgan fingerprint density at radius 1 is 1.27 bits per heavy atom. The molecule has 2 aliphatic rings. The Bertz CT molecular complexity index is 1190. The average molecular weight is 474 g/mol. The van der Waals surface area contributed by atoms with Gasteiger partial charge in [-0.25, -0.2) is 13.4 Å². The van der Waals surface area contributed by atoms with Crippen molar-refractivity contribution >= 4 is 27.3 Å². The van der Waals surface area contributed by atoms with Crippen LogP contribution < -0.4 is 14.8 Å². The van der Waals surface area contributed by atoms with Gasteiger partial charge >= 0.3 is 0 Å². The molecule has 1 aromatic carbocycles. The van der Waals surface area contributed by atoms with Gasteiger partial charge in [-0.2, -0.15) is 0 Å². The minimum Gasteiger partial charge on any atom is -0.491 e. The summed E-state index contributed by atoms with van der Waals surface area (Å²) in [4.78, 5) is 31.8. The van der Waals surface area contributed by atoms with E-state index in [4.69, 9.17) is 9.47 Å². The summed E-state index contributed by atoms with van der Waals surface area (Å²) >= 11 is 0. The molecule has 0 radical (unpaired) electrons. The molecule has 2 amide bonds. The van der Waals surface area contributed by atoms with Gasteiger partial charge in [-0.15, -0.1) is 0 Å². The third-order valence-corrected chi connectivity index (χ3v) is 6.62. The number of pyridine rings is 1. The minimum atomic E-state index is -3.47. The Labute approximate surface area is 193 Å². The fraction of sp³-hybridized carbons (Fsp3) is 0.435. The Morgan fingerprint density at radius 2 is 2.03 bits per heavy atom. The zero-order valence-corrected chi connectivity index (χ0v) is 19.6. The maximum Gasteiger partial charge on any atom is 0.257 e. The molecular formula is C23H27N3O6S. The number of anilines is 1. The zero-order valence-electron chi connectivity index (χ0n) is 18.8. The molecule has 10 heteroatoms. The highest BCUT2D eigenvalue weighted by Crippen LogP contribution is 2.38. The largest absolute Gasteiger partial charge is 0.491 e. The van der Waals surface area contributed by atoms with Crippen LogP contribution in [0, 0.1) is 5.92 Å². The number of benzene rings is 1. The quantitative estimate of drug-likeness (QED) is 0.595. The Morgan fingerprint density at radius 3 is 2.67 bits per heavy atom. The van der Waals surface area contributed by atoms with Gasteiger partial charge in [0.25, 0.3) is 11.8 Å². The van der Waals surface area contributed by atoms with Gasteiger partial charge < -0.3 is 19.7 Å². The second kappa shape index (κ2) is 9.01. The first kappa shape index (κ1) is 23.0. The lowest BCUT2D eigenvalue weighted by molar-refractivity contribution is -0.117. The molecule has 1 aromatic heterocycles. The molecule has 1 fully saturated rings. The molecule has 1 saturated carbocycles. The van der Waals surface area contributed by atoms with Crippen molar-refractivity contribution in [3.05, 3.63) is 47.2 Å². The monoisotopic (exact) mass is 473 g/mol. The summed E-state index contributed by atoms with van der Waals surface area (Å²) in [5.41, 5.74) is 1.95. The number of rotatable bonds is 9. The summed E-state index contributed by atoms with van der Waals surface area (Å²) in [5.74, 6) is -0.104. The Balaban J connectivity index is 1.70. The fourth-order valence-corrected chi connectivity index (χ4v) is 4.89. The highest BCUT2D eigenvalue weighted by atomic mass is 32.2. The molecule has 1 aliphatic carbocycles. The first-order valence-electron chi connectivity index (χ1n) is 10.8. The van der Waals surface area contributed by atoms with E-state index in [9.17, 15) is 18.0 Å². The predicted molar refractivity (Wildman–Crippen MR) is 122 cm³/mol.